The molecule has 2 aliphatic rings. The van der Waals surface area contributed by atoms with Gasteiger partial charge in [0.05, 0.1) is 0 Å². The minimum atomic E-state index is 0.250. The van der Waals surface area contributed by atoms with Gasteiger partial charge in [-0.15, -0.1) is 0 Å². The number of nitrogens with zero attached hydrogens (tertiary/aromatic N) is 1. The summed E-state index contributed by atoms with van der Waals surface area (Å²) >= 11 is 0. The fraction of sp³-hybridized carbons (Fsp3) is 0.727. The van der Waals surface area contributed by atoms with Gasteiger partial charge in [-0.3, -0.25) is 4.79 Å². The molecule has 0 spiro atoms. The highest BCUT2D eigenvalue weighted by Gasteiger charge is 2.37. The molecule has 0 bridgehead atoms. The maximum absolute atomic E-state index is 11.3. The predicted molar refractivity (Wildman–Crippen MR) is 52.3 cm³/mol. The highest BCUT2D eigenvalue weighted by molar-refractivity contribution is 5.74. The first-order valence-corrected chi connectivity index (χ1v) is 5.12. The van der Waals surface area contributed by atoms with Crippen molar-refractivity contribution in [3.05, 3.63) is 12.2 Å². The van der Waals surface area contributed by atoms with Gasteiger partial charge in [0.1, 0.15) is 0 Å². The van der Waals surface area contributed by atoms with Crippen LogP contribution in [0.1, 0.15) is 32.6 Å². The fourth-order valence-electron chi connectivity index (χ4n) is 2.76. The molecular weight excluding hydrogens is 162 g/mol. The van der Waals surface area contributed by atoms with E-state index in [0.717, 1.165) is 25.8 Å². The zero-order valence-electron chi connectivity index (χ0n) is 8.25. The number of rotatable bonds is 0. The molecule has 2 unspecified atom stereocenters. The SMILES string of the molecule is C=C1CCC2C(CCN2C(C)=O)C1. The van der Waals surface area contributed by atoms with Crippen LogP contribution < -0.4 is 0 Å². The van der Waals surface area contributed by atoms with Gasteiger partial charge in [-0.2, -0.15) is 0 Å². The summed E-state index contributed by atoms with van der Waals surface area (Å²) in [5.74, 6) is 0.963. The maximum Gasteiger partial charge on any atom is 0.219 e. The topological polar surface area (TPSA) is 20.3 Å². The van der Waals surface area contributed by atoms with Crippen LogP contribution in [-0.4, -0.2) is 23.4 Å². The van der Waals surface area contributed by atoms with E-state index in [9.17, 15) is 4.79 Å². The van der Waals surface area contributed by atoms with Gasteiger partial charge < -0.3 is 4.90 Å². The van der Waals surface area contributed by atoms with E-state index in [2.05, 4.69) is 11.5 Å². The van der Waals surface area contributed by atoms with E-state index in [1.807, 2.05) is 0 Å². The molecule has 1 saturated heterocycles. The van der Waals surface area contributed by atoms with Gasteiger partial charge in [0.15, 0.2) is 0 Å². The largest absolute Gasteiger partial charge is 0.340 e. The molecule has 2 nitrogen and oxygen atoms in total. The van der Waals surface area contributed by atoms with Gasteiger partial charge >= 0.3 is 0 Å². The third kappa shape index (κ3) is 1.50. The lowest BCUT2D eigenvalue weighted by atomic mass is 9.82. The summed E-state index contributed by atoms with van der Waals surface area (Å²) in [5.41, 5.74) is 1.38. The van der Waals surface area contributed by atoms with Crippen molar-refractivity contribution >= 4 is 5.91 Å². The standard InChI is InChI=1S/C11H17NO/c1-8-3-4-11-10(7-8)5-6-12(11)9(2)13/h10-11H,1,3-7H2,2H3. The molecule has 1 aliphatic carbocycles. The van der Waals surface area contributed by atoms with Crippen molar-refractivity contribution in [3.8, 4) is 0 Å². The Labute approximate surface area is 79.6 Å². The van der Waals surface area contributed by atoms with E-state index >= 15 is 0 Å². The molecule has 2 heteroatoms. The van der Waals surface area contributed by atoms with Gasteiger partial charge in [0.25, 0.3) is 0 Å². The first-order valence-electron chi connectivity index (χ1n) is 5.12. The number of amides is 1. The summed E-state index contributed by atoms with van der Waals surface area (Å²) in [4.78, 5) is 13.3. The third-order valence-corrected chi connectivity index (χ3v) is 3.43. The molecule has 0 N–H and O–H groups in total. The third-order valence-electron chi connectivity index (χ3n) is 3.43. The Bertz CT molecular complexity index is 246. The van der Waals surface area contributed by atoms with Gasteiger partial charge in [0, 0.05) is 19.5 Å². The molecule has 13 heavy (non-hydrogen) atoms. The molecular formula is C11H17NO. The summed E-state index contributed by atoms with van der Waals surface area (Å²) in [7, 11) is 0. The van der Waals surface area contributed by atoms with Crippen LogP contribution in [0.25, 0.3) is 0 Å². The van der Waals surface area contributed by atoms with E-state index in [4.69, 9.17) is 0 Å². The summed E-state index contributed by atoms with van der Waals surface area (Å²) in [5, 5.41) is 0. The Balaban J connectivity index is 2.08. The molecule has 0 aromatic heterocycles. The van der Waals surface area contributed by atoms with Crippen molar-refractivity contribution in [2.24, 2.45) is 5.92 Å². The first-order chi connectivity index (χ1) is 6.18. The Morgan fingerprint density at radius 1 is 1.54 bits per heavy atom. The maximum atomic E-state index is 11.3. The summed E-state index contributed by atoms with van der Waals surface area (Å²) in [6.45, 7) is 6.70. The average molecular weight is 179 g/mol. The first kappa shape index (κ1) is 8.79. The lowest BCUT2D eigenvalue weighted by Crippen LogP contribution is -2.38. The molecule has 1 amide bonds. The minimum Gasteiger partial charge on any atom is -0.340 e. The Morgan fingerprint density at radius 3 is 3.00 bits per heavy atom. The normalized spacial score (nSPS) is 33.3. The average Bonchev–Trinajstić information content (AvgIpc) is 2.46. The highest BCUT2D eigenvalue weighted by Crippen LogP contribution is 2.37. The molecule has 1 heterocycles. The number of likely N-dealkylation sites (tertiary alicyclic amines) is 1. The number of carbonyl (C=O) groups excluding carboxylic acids is 1. The van der Waals surface area contributed by atoms with Crippen LogP contribution in [0.2, 0.25) is 0 Å². The second kappa shape index (κ2) is 3.17. The zero-order chi connectivity index (χ0) is 9.42. The number of hydrogen-bond donors (Lipinski definition) is 0. The van der Waals surface area contributed by atoms with Crippen molar-refractivity contribution in [2.75, 3.05) is 6.54 Å². The lowest BCUT2D eigenvalue weighted by Gasteiger charge is -2.32. The van der Waals surface area contributed by atoms with Crippen molar-refractivity contribution < 1.29 is 4.79 Å². The molecule has 2 atom stereocenters. The number of allylic oxidation sites excluding steroid dienone is 1. The quantitative estimate of drug-likeness (QED) is 0.520. The van der Waals surface area contributed by atoms with Crippen molar-refractivity contribution in [1.29, 1.82) is 0 Å². The fourth-order valence-corrected chi connectivity index (χ4v) is 2.76. The van der Waals surface area contributed by atoms with Crippen molar-refractivity contribution in [2.45, 2.75) is 38.6 Å². The molecule has 1 aliphatic heterocycles. The van der Waals surface area contributed by atoms with Gasteiger partial charge in [-0.1, -0.05) is 12.2 Å². The highest BCUT2D eigenvalue weighted by atomic mass is 16.2. The van der Waals surface area contributed by atoms with E-state index in [0.29, 0.717) is 12.0 Å². The molecule has 0 radical (unpaired) electrons. The van der Waals surface area contributed by atoms with Crippen LogP contribution in [0.5, 0.6) is 0 Å². The summed E-state index contributed by atoms with van der Waals surface area (Å²) in [6, 6.07) is 0.531. The van der Waals surface area contributed by atoms with Crippen LogP contribution in [0.4, 0.5) is 0 Å². The summed E-state index contributed by atoms with van der Waals surface area (Å²) < 4.78 is 0. The Hall–Kier alpha value is -0.790. The molecule has 2 rings (SSSR count). The molecule has 72 valence electrons. The molecule has 1 saturated carbocycles. The van der Waals surface area contributed by atoms with Gasteiger partial charge in [-0.25, -0.2) is 0 Å². The Kier molecular flexibility index (Phi) is 2.14. The van der Waals surface area contributed by atoms with Gasteiger partial charge in [0.2, 0.25) is 5.91 Å². The van der Waals surface area contributed by atoms with E-state index in [1.54, 1.807) is 6.92 Å². The van der Waals surface area contributed by atoms with E-state index in [1.165, 1.54) is 12.0 Å². The number of carbonyl (C=O) groups is 1. The second-order valence-electron chi connectivity index (χ2n) is 4.32. The van der Waals surface area contributed by atoms with Crippen LogP contribution in [0, 0.1) is 5.92 Å². The number of fused-ring (bicyclic) bond motifs is 1. The van der Waals surface area contributed by atoms with Crippen LogP contribution in [-0.2, 0) is 4.79 Å². The number of hydrogen-bond acceptors (Lipinski definition) is 1. The van der Waals surface area contributed by atoms with Crippen LogP contribution in [0.3, 0.4) is 0 Å². The van der Waals surface area contributed by atoms with Crippen LogP contribution >= 0.6 is 0 Å². The zero-order valence-corrected chi connectivity index (χ0v) is 8.25. The van der Waals surface area contributed by atoms with E-state index in [-0.39, 0.29) is 5.91 Å². The minimum absolute atomic E-state index is 0.250. The smallest absolute Gasteiger partial charge is 0.219 e. The van der Waals surface area contributed by atoms with Gasteiger partial charge in [-0.05, 0) is 31.6 Å². The molecule has 0 aromatic rings. The van der Waals surface area contributed by atoms with Crippen molar-refractivity contribution in [3.63, 3.8) is 0 Å². The predicted octanol–water partition coefficient (Wildman–Crippen LogP) is 1.96. The monoisotopic (exact) mass is 179 g/mol. The Morgan fingerprint density at radius 2 is 2.31 bits per heavy atom. The second-order valence-corrected chi connectivity index (χ2v) is 4.32. The van der Waals surface area contributed by atoms with Crippen LogP contribution in [0.15, 0.2) is 12.2 Å². The van der Waals surface area contributed by atoms with E-state index < -0.39 is 0 Å². The lowest BCUT2D eigenvalue weighted by molar-refractivity contribution is -0.130. The molecule has 0 aromatic carbocycles. The summed E-state index contributed by atoms with van der Waals surface area (Å²) in [6.07, 6.45) is 4.59. The molecule has 2 fully saturated rings. The van der Waals surface area contributed by atoms with Crippen molar-refractivity contribution in [1.82, 2.24) is 4.90 Å².